The Bertz CT molecular complexity index is 257. The predicted molar refractivity (Wildman–Crippen MR) is 50.6 cm³/mol. The Morgan fingerprint density at radius 3 is 3.08 bits per heavy atom. The summed E-state index contributed by atoms with van der Waals surface area (Å²) in [6.07, 6.45) is 1.16. The molecule has 1 aliphatic rings. The van der Waals surface area contributed by atoms with Crippen LogP contribution in [0.3, 0.4) is 0 Å². The summed E-state index contributed by atoms with van der Waals surface area (Å²) in [5, 5.41) is 3.28. The molecular weight excluding hydrogens is 194 g/mol. The summed E-state index contributed by atoms with van der Waals surface area (Å²) in [5.74, 6) is 0. The third-order valence-electron chi connectivity index (χ3n) is 1.79. The van der Waals surface area contributed by atoms with Crippen molar-refractivity contribution in [3.05, 3.63) is 21.3 Å². The van der Waals surface area contributed by atoms with Gasteiger partial charge in [-0.2, -0.15) is 0 Å². The summed E-state index contributed by atoms with van der Waals surface area (Å²) in [5.41, 5.74) is 0. The molecule has 12 heavy (non-hydrogen) atoms. The van der Waals surface area contributed by atoms with Crippen LogP contribution in [-0.2, 0) is 4.74 Å². The number of hydrogen-bond acceptors (Lipinski definition) is 3. The number of rotatable bonds is 1. The second-order valence-corrected chi connectivity index (χ2v) is 4.45. The first-order chi connectivity index (χ1) is 5.86. The van der Waals surface area contributed by atoms with Gasteiger partial charge in [0.15, 0.2) is 0 Å². The van der Waals surface area contributed by atoms with Gasteiger partial charge in [0.25, 0.3) is 0 Å². The van der Waals surface area contributed by atoms with Crippen molar-refractivity contribution in [2.45, 2.75) is 12.6 Å². The van der Waals surface area contributed by atoms with Crippen molar-refractivity contribution in [1.29, 1.82) is 0 Å². The minimum absolute atomic E-state index is 0.0660. The zero-order valence-electron chi connectivity index (χ0n) is 6.55. The monoisotopic (exact) mass is 203 g/mol. The van der Waals surface area contributed by atoms with Gasteiger partial charge in [-0.05, 0) is 18.6 Å². The van der Waals surface area contributed by atoms with Gasteiger partial charge in [0.1, 0.15) is 6.23 Å². The smallest absolute Gasteiger partial charge is 0.143 e. The summed E-state index contributed by atoms with van der Waals surface area (Å²) in [4.78, 5) is 1.17. The van der Waals surface area contributed by atoms with E-state index in [1.165, 1.54) is 4.88 Å². The van der Waals surface area contributed by atoms with Gasteiger partial charge < -0.3 is 4.74 Å². The Labute approximate surface area is 80.5 Å². The highest BCUT2D eigenvalue weighted by molar-refractivity contribution is 7.16. The topological polar surface area (TPSA) is 21.3 Å². The SMILES string of the molecule is Clc1ccc(C2NCCCO2)s1. The van der Waals surface area contributed by atoms with Crippen LogP contribution in [0.2, 0.25) is 4.34 Å². The molecule has 2 nitrogen and oxygen atoms in total. The van der Waals surface area contributed by atoms with Crippen LogP contribution in [0.5, 0.6) is 0 Å². The summed E-state index contributed by atoms with van der Waals surface area (Å²) >= 11 is 7.39. The van der Waals surface area contributed by atoms with E-state index in [-0.39, 0.29) is 6.23 Å². The lowest BCUT2D eigenvalue weighted by Gasteiger charge is -2.22. The van der Waals surface area contributed by atoms with Crippen molar-refractivity contribution in [3.8, 4) is 0 Å². The van der Waals surface area contributed by atoms with Gasteiger partial charge in [0.2, 0.25) is 0 Å². The number of halogens is 1. The van der Waals surface area contributed by atoms with Crippen LogP contribution in [0.25, 0.3) is 0 Å². The molecule has 0 aromatic carbocycles. The lowest BCUT2D eigenvalue weighted by Crippen LogP contribution is -2.30. The molecule has 1 N–H and O–H groups in total. The van der Waals surface area contributed by atoms with Gasteiger partial charge in [0.05, 0.1) is 10.9 Å². The second kappa shape index (κ2) is 3.75. The summed E-state index contributed by atoms with van der Waals surface area (Å²) in [7, 11) is 0. The molecule has 2 rings (SSSR count). The van der Waals surface area contributed by atoms with Crippen LogP contribution in [0.4, 0.5) is 0 Å². The van der Waals surface area contributed by atoms with Crippen LogP contribution in [0, 0.1) is 0 Å². The van der Waals surface area contributed by atoms with E-state index in [9.17, 15) is 0 Å². The fourth-order valence-electron chi connectivity index (χ4n) is 1.22. The highest BCUT2D eigenvalue weighted by Gasteiger charge is 2.16. The Morgan fingerprint density at radius 2 is 2.50 bits per heavy atom. The molecule has 0 aliphatic carbocycles. The van der Waals surface area contributed by atoms with Crippen LogP contribution in [-0.4, -0.2) is 13.2 Å². The molecule has 1 atom stereocenters. The van der Waals surface area contributed by atoms with Gasteiger partial charge in [0, 0.05) is 11.4 Å². The molecule has 1 aromatic heterocycles. The first kappa shape index (κ1) is 8.51. The summed E-state index contributed by atoms with van der Waals surface area (Å²) in [6.45, 7) is 1.87. The number of ether oxygens (including phenoxy) is 1. The van der Waals surface area contributed by atoms with Crippen LogP contribution < -0.4 is 5.32 Å². The zero-order chi connectivity index (χ0) is 8.39. The van der Waals surface area contributed by atoms with Crippen molar-refractivity contribution in [1.82, 2.24) is 5.32 Å². The van der Waals surface area contributed by atoms with Crippen molar-refractivity contribution in [3.63, 3.8) is 0 Å². The van der Waals surface area contributed by atoms with Crippen LogP contribution >= 0.6 is 22.9 Å². The van der Waals surface area contributed by atoms with E-state index in [1.807, 2.05) is 12.1 Å². The van der Waals surface area contributed by atoms with Gasteiger partial charge >= 0.3 is 0 Å². The molecule has 2 heterocycles. The molecule has 1 aromatic rings. The molecule has 0 amide bonds. The largest absolute Gasteiger partial charge is 0.358 e. The Kier molecular flexibility index (Phi) is 2.66. The van der Waals surface area contributed by atoms with E-state index in [2.05, 4.69) is 5.32 Å². The molecular formula is C8H10ClNOS. The summed E-state index contributed by atoms with van der Waals surface area (Å²) < 4.78 is 6.34. The molecule has 1 aliphatic heterocycles. The minimum Gasteiger partial charge on any atom is -0.358 e. The van der Waals surface area contributed by atoms with E-state index in [4.69, 9.17) is 16.3 Å². The first-order valence-corrected chi connectivity index (χ1v) is 5.16. The Balaban J connectivity index is 2.08. The molecule has 4 heteroatoms. The van der Waals surface area contributed by atoms with E-state index in [1.54, 1.807) is 11.3 Å². The Hall–Kier alpha value is -0.0900. The van der Waals surface area contributed by atoms with Crippen molar-refractivity contribution in [2.24, 2.45) is 0 Å². The molecule has 66 valence electrons. The second-order valence-electron chi connectivity index (χ2n) is 2.70. The maximum atomic E-state index is 5.81. The third-order valence-corrected chi connectivity index (χ3v) is 3.06. The number of thiophene rings is 1. The van der Waals surface area contributed by atoms with Gasteiger partial charge in [-0.3, -0.25) is 5.32 Å². The quantitative estimate of drug-likeness (QED) is 0.757. The normalized spacial score (nSPS) is 24.2. The molecule has 1 unspecified atom stereocenters. The number of hydrogen-bond donors (Lipinski definition) is 1. The third kappa shape index (κ3) is 1.80. The van der Waals surface area contributed by atoms with Crippen LogP contribution in [0.15, 0.2) is 12.1 Å². The molecule has 1 fully saturated rings. The van der Waals surface area contributed by atoms with Gasteiger partial charge in [-0.1, -0.05) is 11.6 Å². The maximum Gasteiger partial charge on any atom is 0.143 e. The molecule has 0 radical (unpaired) electrons. The van der Waals surface area contributed by atoms with Gasteiger partial charge in [-0.25, -0.2) is 0 Å². The van der Waals surface area contributed by atoms with Crippen molar-refractivity contribution in [2.75, 3.05) is 13.2 Å². The maximum absolute atomic E-state index is 5.81. The summed E-state index contributed by atoms with van der Waals surface area (Å²) in [6, 6.07) is 3.91. The first-order valence-electron chi connectivity index (χ1n) is 3.96. The fraction of sp³-hybridized carbons (Fsp3) is 0.500. The van der Waals surface area contributed by atoms with Crippen LogP contribution in [0.1, 0.15) is 17.5 Å². The average molecular weight is 204 g/mol. The fourth-order valence-corrected chi connectivity index (χ4v) is 2.30. The highest BCUT2D eigenvalue weighted by atomic mass is 35.5. The van der Waals surface area contributed by atoms with E-state index >= 15 is 0 Å². The lowest BCUT2D eigenvalue weighted by atomic mass is 10.3. The Morgan fingerprint density at radius 1 is 1.58 bits per heavy atom. The van der Waals surface area contributed by atoms with E-state index in [0.717, 1.165) is 23.9 Å². The van der Waals surface area contributed by atoms with E-state index < -0.39 is 0 Å². The predicted octanol–water partition coefficient (Wildman–Crippen LogP) is 2.41. The van der Waals surface area contributed by atoms with Gasteiger partial charge in [-0.15, -0.1) is 11.3 Å². The van der Waals surface area contributed by atoms with Crippen molar-refractivity contribution < 1.29 is 4.74 Å². The molecule has 0 bridgehead atoms. The van der Waals surface area contributed by atoms with Crippen molar-refractivity contribution >= 4 is 22.9 Å². The molecule has 0 spiro atoms. The molecule has 1 saturated heterocycles. The average Bonchev–Trinajstić information content (AvgIpc) is 2.54. The minimum atomic E-state index is 0.0660. The standard InChI is InChI=1S/C8H10ClNOS/c9-7-3-2-6(12-7)8-10-4-1-5-11-8/h2-3,8,10H,1,4-5H2. The highest BCUT2D eigenvalue weighted by Crippen LogP contribution is 2.28. The lowest BCUT2D eigenvalue weighted by molar-refractivity contribution is 0.00198. The number of nitrogens with one attached hydrogen (secondary N) is 1. The molecule has 0 saturated carbocycles. The zero-order valence-corrected chi connectivity index (χ0v) is 8.12. The van der Waals surface area contributed by atoms with E-state index in [0.29, 0.717) is 0 Å².